The summed E-state index contributed by atoms with van der Waals surface area (Å²) in [5.41, 5.74) is 3.75. The molecule has 2 rings (SSSR count). The molecule has 0 aromatic heterocycles. The van der Waals surface area contributed by atoms with Gasteiger partial charge >= 0.3 is 0 Å². The molecule has 24 heavy (non-hydrogen) atoms. The van der Waals surface area contributed by atoms with Gasteiger partial charge in [-0.25, -0.2) is 0 Å². The molecule has 2 amide bonds. The Morgan fingerprint density at radius 2 is 1.75 bits per heavy atom. The maximum atomic E-state index is 12.2. The molecule has 0 bridgehead atoms. The second-order valence-electron chi connectivity index (χ2n) is 5.83. The van der Waals surface area contributed by atoms with Gasteiger partial charge in [0.05, 0.1) is 0 Å². The standard InChI is InChI=1S/C19H21BrN2O2/c1-13-9-14(2)11-18(10-13)22(15(3)23)8-7-19(24)21-17-6-4-5-16(20)12-17/h4-6,9-12H,7-8H2,1-3H3,(H,21,24). The summed E-state index contributed by atoms with van der Waals surface area (Å²) in [6.07, 6.45) is 0.235. The monoisotopic (exact) mass is 388 g/mol. The number of carbonyl (C=O) groups excluding carboxylic acids is 2. The minimum atomic E-state index is -0.122. The van der Waals surface area contributed by atoms with Gasteiger partial charge in [-0.05, 0) is 55.3 Å². The zero-order valence-corrected chi connectivity index (χ0v) is 15.7. The second-order valence-corrected chi connectivity index (χ2v) is 6.74. The highest BCUT2D eigenvalue weighted by atomic mass is 79.9. The molecule has 0 atom stereocenters. The number of aryl methyl sites for hydroxylation is 2. The van der Waals surface area contributed by atoms with Gasteiger partial charge in [0.25, 0.3) is 0 Å². The van der Waals surface area contributed by atoms with Crippen molar-refractivity contribution in [3.63, 3.8) is 0 Å². The van der Waals surface area contributed by atoms with Gasteiger partial charge in [0.15, 0.2) is 0 Å². The van der Waals surface area contributed by atoms with E-state index in [1.807, 2.05) is 50.2 Å². The van der Waals surface area contributed by atoms with E-state index in [0.717, 1.165) is 27.0 Å². The first-order valence-electron chi connectivity index (χ1n) is 7.77. The molecule has 0 heterocycles. The maximum absolute atomic E-state index is 12.2. The summed E-state index contributed by atoms with van der Waals surface area (Å²) in [5, 5.41) is 2.84. The summed E-state index contributed by atoms with van der Waals surface area (Å²) in [4.78, 5) is 25.8. The summed E-state index contributed by atoms with van der Waals surface area (Å²) in [6.45, 7) is 5.85. The highest BCUT2D eigenvalue weighted by Crippen LogP contribution is 2.20. The molecule has 126 valence electrons. The third kappa shape index (κ3) is 5.20. The van der Waals surface area contributed by atoms with Crippen molar-refractivity contribution >= 4 is 39.1 Å². The van der Waals surface area contributed by atoms with Crippen LogP contribution in [0, 0.1) is 13.8 Å². The average molecular weight is 389 g/mol. The van der Waals surface area contributed by atoms with Gasteiger partial charge in [-0.15, -0.1) is 0 Å². The number of benzene rings is 2. The summed E-state index contributed by atoms with van der Waals surface area (Å²) in [7, 11) is 0. The number of nitrogens with one attached hydrogen (secondary N) is 1. The van der Waals surface area contributed by atoms with Crippen LogP contribution in [-0.4, -0.2) is 18.4 Å². The Labute approximate surface area is 151 Å². The SMILES string of the molecule is CC(=O)N(CCC(=O)Nc1cccc(Br)c1)c1cc(C)cc(C)c1. The topological polar surface area (TPSA) is 49.4 Å². The minimum Gasteiger partial charge on any atom is -0.326 e. The van der Waals surface area contributed by atoms with Crippen LogP contribution in [0.4, 0.5) is 11.4 Å². The Bertz CT molecular complexity index is 739. The maximum Gasteiger partial charge on any atom is 0.226 e. The van der Waals surface area contributed by atoms with Crippen molar-refractivity contribution in [2.24, 2.45) is 0 Å². The van der Waals surface area contributed by atoms with Crippen LogP contribution in [0.5, 0.6) is 0 Å². The zero-order chi connectivity index (χ0) is 17.7. The van der Waals surface area contributed by atoms with Gasteiger partial charge in [-0.2, -0.15) is 0 Å². The van der Waals surface area contributed by atoms with E-state index in [2.05, 4.69) is 27.3 Å². The van der Waals surface area contributed by atoms with E-state index in [0.29, 0.717) is 6.54 Å². The van der Waals surface area contributed by atoms with Crippen LogP contribution in [0.1, 0.15) is 24.5 Å². The van der Waals surface area contributed by atoms with Crippen molar-refractivity contribution in [1.82, 2.24) is 0 Å². The highest BCUT2D eigenvalue weighted by Gasteiger charge is 2.14. The Morgan fingerprint density at radius 3 is 2.33 bits per heavy atom. The molecular formula is C19H21BrN2O2. The molecule has 4 nitrogen and oxygen atoms in total. The van der Waals surface area contributed by atoms with Crippen LogP contribution in [-0.2, 0) is 9.59 Å². The predicted octanol–water partition coefficient (Wildman–Crippen LogP) is 4.45. The molecule has 0 fully saturated rings. The third-order valence-corrected chi connectivity index (χ3v) is 4.06. The molecule has 0 radical (unpaired) electrons. The number of hydrogen-bond acceptors (Lipinski definition) is 2. The summed E-state index contributed by atoms with van der Waals surface area (Å²) in [5.74, 6) is -0.195. The van der Waals surface area contributed by atoms with E-state index in [1.54, 1.807) is 4.90 Å². The van der Waals surface area contributed by atoms with Crippen LogP contribution >= 0.6 is 15.9 Å². The number of anilines is 2. The van der Waals surface area contributed by atoms with Gasteiger partial charge in [0, 0.05) is 35.7 Å². The molecule has 0 saturated heterocycles. The largest absolute Gasteiger partial charge is 0.326 e. The molecule has 0 aliphatic heterocycles. The molecule has 0 aliphatic carbocycles. The molecule has 1 N–H and O–H groups in total. The lowest BCUT2D eigenvalue weighted by Gasteiger charge is -2.22. The van der Waals surface area contributed by atoms with Crippen molar-refractivity contribution in [2.75, 3.05) is 16.8 Å². The summed E-state index contributed by atoms with van der Waals surface area (Å²) in [6, 6.07) is 13.4. The lowest BCUT2D eigenvalue weighted by atomic mass is 10.1. The molecule has 0 aliphatic rings. The van der Waals surface area contributed by atoms with E-state index in [1.165, 1.54) is 6.92 Å². The third-order valence-electron chi connectivity index (χ3n) is 3.57. The Hall–Kier alpha value is -2.14. The van der Waals surface area contributed by atoms with Crippen molar-refractivity contribution in [1.29, 1.82) is 0 Å². The summed E-state index contributed by atoms with van der Waals surface area (Å²) >= 11 is 3.37. The molecule has 5 heteroatoms. The number of nitrogens with zero attached hydrogens (tertiary/aromatic N) is 1. The molecular weight excluding hydrogens is 368 g/mol. The number of halogens is 1. The minimum absolute atomic E-state index is 0.0738. The Morgan fingerprint density at radius 1 is 1.08 bits per heavy atom. The van der Waals surface area contributed by atoms with Gasteiger partial charge in [-0.3, -0.25) is 9.59 Å². The van der Waals surface area contributed by atoms with Gasteiger partial charge in [-0.1, -0.05) is 28.1 Å². The molecule has 0 saturated carbocycles. The van der Waals surface area contributed by atoms with E-state index in [9.17, 15) is 9.59 Å². The molecule has 0 unspecified atom stereocenters. The van der Waals surface area contributed by atoms with Crippen LogP contribution < -0.4 is 10.2 Å². The van der Waals surface area contributed by atoms with Crippen LogP contribution in [0.2, 0.25) is 0 Å². The second kappa shape index (κ2) is 8.11. The first-order valence-corrected chi connectivity index (χ1v) is 8.56. The molecule has 2 aromatic rings. The first-order chi connectivity index (χ1) is 11.3. The van der Waals surface area contributed by atoms with Crippen molar-refractivity contribution in [3.8, 4) is 0 Å². The fraction of sp³-hybridized carbons (Fsp3) is 0.263. The predicted molar refractivity (Wildman–Crippen MR) is 101 cm³/mol. The van der Waals surface area contributed by atoms with E-state index in [-0.39, 0.29) is 18.2 Å². The lowest BCUT2D eigenvalue weighted by molar-refractivity contribution is -0.117. The highest BCUT2D eigenvalue weighted by molar-refractivity contribution is 9.10. The fourth-order valence-corrected chi connectivity index (χ4v) is 2.98. The Kier molecular flexibility index (Phi) is 6.15. The van der Waals surface area contributed by atoms with Crippen LogP contribution in [0.15, 0.2) is 46.9 Å². The lowest BCUT2D eigenvalue weighted by Crippen LogP contribution is -2.32. The van der Waals surface area contributed by atoms with Crippen LogP contribution in [0.25, 0.3) is 0 Å². The van der Waals surface area contributed by atoms with Crippen molar-refractivity contribution in [2.45, 2.75) is 27.2 Å². The van der Waals surface area contributed by atoms with Crippen molar-refractivity contribution < 1.29 is 9.59 Å². The number of carbonyl (C=O) groups is 2. The first kappa shape index (κ1) is 18.2. The van der Waals surface area contributed by atoms with Crippen LogP contribution in [0.3, 0.4) is 0 Å². The quantitative estimate of drug-likeness (QED) is 0.822. The van der Waals surface area contributed by atoms with Crippen molar-refractivity contribution in [3.05, 3.63) is 58.1 Å². The molecule has 0 spiro atoms. The number of amides is 2. The number of hydrogen-bond donors (Lipinski definition) is 1. The normalized spacial score (nSPS) is 10.3. The van der Waals surface area contributed by atoms with Gasteiger partial charge < -0.3 is 10.2 Å². The van der Waals surface area contributed by atoms with E-state index < -0.39 is 0 Å². The Balaban J connectivity index is 2.03. The van der Waals surface area contributed by atoms with E-state index >= 15 is 0 Å². The zero-order valence-electron chi connectivity index (χ0n) is 14.1. The van der Waals surface area contributed by atoms with E-state index in [4.69, 9.17) is 0 Å². The smallest absolute Gasteiger partial charge is 0.226 e. The molecule has 2 aromatic carbocycles. The van der Waals surface area contributed by atoms with Gasteiger partial charge in [0.2, 0.25) is 11.8 Å². The average Bonchev–Trinajstić information content (AvgIpc) is 2.46. The van der Waals surface area contributed by atoms with Gasteiger partial charge in [0.1, 0.15) is 0 Å². The number of rotatable bonds is 5. The fourth-order valence-electron chi connectivity index (χ4n) is 2.58. The summed E-state index contributed by atoms with van der Waals surface area (Å²) < 4.78 is 0.904.